The van der Waals surface area contributed by atoms with Gasteiger partial charge in [0.1, 0.15) is 4.88 Å². The van der Waals surface area contributed by atoms with E-state index in [0.717, 1.165) is 56.1 Å². The molecule has 0 unspecified atom stereocenters. The molecule has 25 heavy (non-hydrogen) atoms. The summed E-state index contributed by atoms with van der Waals surface area (Å²) in [4.78, 5) is 26.7. The van der Waals surface area contributed by atoms with Crippen molar-refractivity contribution in [3.05, 3.63) is 45.2 Å². The molecule has 0 aromatic carbocycles. The summed E-state index contributed by atoms with van der Waals surface area (Å²) in [6.45, 7) is 10.7. The van der Waals surface area contributed by atoms with Crippen LogP contribution in [0.1, 0.15) is 38.6 Å². The molecule has 1 saturated heterocycles. The van der Waals surface area contributed by atoms with Crippen LogP contribution in [0.2, 0.25) is 0 Å². The molecule has 5 nitrogen and oxygen atoms in total. The van der Waals surface area contributed by atoms with E-state index in [1.807, 2.05) is 18.0 Å². The van der Waals surface area contributed by atoms with Crippen LogP contribution < -0.4 is 0 Å². The van der Waals surface area contributed by atoms with E-state index in [1.165, 1.54) is 28.2 Å². The summed E-state index contributed by atoms with van der Waals surface area (Å²) in [5.74, 6) is 0.137. The molecule has 2 aromatic heterocycles. The molecule has 1 amide bonds. The fourth-order valence-corrected chi connectivity index (χ4v) is 4.09. The van der Waals surface area contributed by atoms with Crippen molar-refractivity contribution in [3.63, 3.8) is 0 Å². The molecule has 1 fully saturated rings. The Morgan fingerprint density at radius 3 is 2.72 bits per heavy atom. The zero-order valence-electron chi connectivity index (χ0n) is 15.3. The molecule has 0 N–H and O–H groups in total. The minimum atomic E-state index is 0.137. The second-order valence-electron chi connectivity index (χ2n) is 6.78. The minimum absolute atomic E-state index is 0.137. The van der Waals surface area contributed by atoms with E-state index in [0.29, 0.717) is 0 Å². The van der Waals surface area contributed by atoms with Crippen molar-refractivity contribution < 1.29 is 4.79 Å². The third-order valence-corrected chi connectivity index (χ3v) is 5.72. The van der Waals surface area contributed by atoms with E-state index in [1.54, 1.807) is 5.51 Å². The quantitative estimate of drug-likeness (QED) is 0.843. The van der Waals surface area contributed by atoms with Gasteiger partial charge in [-0.05, 0) is 44.9 Å². The van der Waals surface area contributed by atoms with Gasteiger partial charge in [-0.25, -0.2) is 4.98 Å². The molecule has 1 aliphatic rings. The number of hydrogen-bond donors (Lipinski definition) is 0. The van der Waals surface area contributed by atoms with Crippen LogP contribution in [-0.4, -0.2) is 58.4 Å². The first kappa shape index (κ1) is 18.0. The lowest BCUT2D eigenvalue weighted by Crippen LogP contribution is -2.35. The minimum Gasteiger partial charge on any atom is -0.337 e. The van der Waals surface area contributed by atoms with E-state index in [9.17, 15) is 4.79 Å². The molecule has 0 bridgehead atoms. The standard InChI is InChI=1S/C19H26N4OS/c1-14-11-15(2)17(20-12-14)5-8-22-6-4-7-23(10-9-22)19(24)18-16(3)21-13-25-18/h11-13H,4-10H2,1-3H3. The Morgan fingerprint density at radius 1 is 1.16 bits per heavy atom. The second-order valence-corrected chi connectivity index (χ2v) is 7.64. The number of carbonyl (C=O) groups is 1. The van der Waals surface area contributed by atoms with Crippen LogP contribution >= 0.6 is 11.3 Å². The number of nitrogens with zero attached hydrogens (tertiary/aromatic N) is 4. The molecule has 0 atom stereocenters. The van der Waals surface area contributed by atoms with E-state index < -0.39 is 0 Å². The van der Waals surface area contributed by atoms with Crippen molar-refractivity contribution in [1.82, 2.24) is 19.8 Å². The molecule has 0 aliphatic carbocycles. The van der Waals surface area contributed by atoms with E-state index in [2.05, 4.69) is 34.8 Å². The predicted octanol–water partition coefficient (Wildman–Crippen LogP) is 2.85. The average molecular weight is 359 g/mol. The van der Waals surface area contributed by atoms with Gasteiger partial charge in [-0.1, -0.05) is 6.07 Å². The van der Waals surface area contributed by atoms with E-state index in [-0.39, 0.29) is 5.91 Å². The number of amides is 1. The Morgan fingerprint density at radius 2 is 2.00 bits per heavy atom. The summed E-state index contributed by atoms with van der Waals surface area (Å²) in [5.41, 5.74) is 6.26. The number of aryl methyl sites for hydroxylation is 3. The van der Waals surface area contributed by atoms with Gasteiger partial charge in [0, 0.05) is 44.5 Å². The molecular formula is C19H26N4OS. The normalized spacial score (nSPS) is 16.0. The van der Waals surface area contributed by atoms with Crippen molar-refractivity contribution in [1.29, 1.82) is 0 Å². The van der Waals surface area contributed by atoms with Crippen LogP contribution in [0.4, 0.5) is 0 Å². The maximum atomic E-state index is 12.7. The van der Waals surface area contributed by atoms with Crippen LogP contribution in [0.15, 0.2) is 17.8 Å². The Labute approximate surface area is 153 Å². The maximum absolute atomic E-state index is 12.7. The predicted molar refractivity (Wildman–Crippen MR) is 101 cm³/mol. The largest absolute Gasteiger partial charge is 0.337 e. The number of pyridine rings is 1. The first-order valence-corrected chi connectivity index (χ1v) is 9.76. The maximum Gasteiger partial charge on any atom is 0.265 e. The number of thiazole rings is 1. The third kappa shape index (κ3) is 4.44. The summed E-state index contributed by atoms with van der Waals surface area (Å²) < 4.78 is 0. The third-order valence-electron chi connectivity index (χ3n) is 4.80. The van der Waals surface area contributed by atoms with Crippen LogP contribution in [0.5, 0.6) is 0 Å². The topological polar surface area (TPSA) is 49.3 Å². The van der Waals surface area contributed by atoms with Crippen LogP contribution in [0, 0.1) is 20.8 Å². The van der Waals surface area contributed by atoms with Crippen LogP contribution in [-0.2, 0) is 6.42 Å². The highest BCUT2D eigenvalue weighted by Crippen LogP contribution is 2.17. The molecule has 0 saturated carbocycles. The van der Waals surface area contributed by atoms with Gasteiger partial charge in [0.15, 0.2) is 0 Å². The highest BCUT2D eigenvalue weighted by atomic mass is 32.1. The molecular weight excluding hydrogens is 332 g/mol. The Balaban J connectivity index is 1.55. The molecule has 134 valence electrons. The zero-order valence-corrected chi connectivity index (χ0v) is 16.1. The Bertz CT molecular complexity index is 743. The van der Waals surface area contributed by atoms with Crippen molar-refractivity contribution in [2.24, 2.45) is 0 Å². The molecule has 1 aliphatic heterocycles. The van der Waals surface area contributed by atoms with Gasteiger partial charge in [-0.2, -0.15) is 0 Å². The van der Waals surface area contributed by atoms with Crippen LogP contribution in [0.3, 0.4) is 0 Å². The first-order chi connectivity index (χ1) is 12.0. The average Bonchev–Trinajstić information content (AvgIpc) is 2.87. The van der Waals surface area contributed by atoms with Gasteiger partial charge in [-0.15, -0.1) is 11.3 Å². The van der Waals surface area contributed by atoms with Crippen molar-refractivity contribution in [2.45, 2.75) is 33.6 Å². The Kier molecular flexibility index (Phi) is 5.81. The van der Waals surface area contributed by atoms with Gasteiger partial charge in [0.2, 0.25) is 0 Å². The summed E-state index contributed by atoms with van der Waals surface area (Å²) in [7, 11) is 0. The monoisotopic (exact) mass is 358 g/mol. The van der Waals surface area contributed by atoms with Crippen LogP contribution in [0.25, 0.3) is 0 Å². The molecule has 3 rings (SSSR count). The van der Waals surface area contributed by atoms with Crippen molar-refractivity contribution >= 4 is 17.2 Å². The lowest BCUT2D eigenvalue weighted by atomic mass is 10.1. The Hall–Kier alpha value is -1.79. The van der Waals surface area contributed by atoms with Crippen molar-refractivity contribution in [3.8, 4) is 0 Å². The number of aromatic nitrogens is 2. The van der Waals surface area contributed by atoms with Gasteiger partial charge < -0.3 is 9.80 Å². The lowest BCUT2D eigenvalue weighted by molar-refractivity contribution is 0.0765. The molecule has 0 spiro atoms. The van der Waals surface area contributed by atoms with E-state index in [4.69, 9.17) is 0 Å². The zero-order chi connectivity index (χ0) is 17.8. The van der Waals surface area contributed by atoms with Gasteiger partial charge in [0.05, 0.1) is 11.2 Å². The number of rotatable bonds is 4. The first-order valence-electron chi connectivity index (χ1n) is 8.88. The fourth-order valence-electron chi connectivity index (χ4n) is 3.32. The number of hydrogen-bond acceptors (Lipinski definition) is 5. The molecule has 6 heteroatoms. The summed E-state index contributed by atoms with van der Waals surface area (Å²) in [6, 6.07) is 2.20. The lowest BCUT2D eigenvalue weighted by Gasteiger charge is -2.22. The van der Waals surface area contributed by atoms with Gasteiger partial charge in [-0.3, -0.25) is 9.78 Å². The second kappa shape index (κ2) is 8.06. The highest BCUT2D eigenvalue weighted by molar-refractivity contribution is 7.11. The van der Waals surface area contributed by atoms with Gasteiger partial charge in [0.25, 0.3) is 5.91 Å². The SMILES string of the molecule is Cc1cnc(CCN2CCCN(C(=O)c3scnc3C)CC2)c(C)c1. The fraction of sp³-hybridized carbons (Fsp3) is 0.526. The van der Waals surface area contributed by atoms with E-state index >= 15 is 0 Å². The molecule has 3 heterocycles. The summed E-state index contributed by atoms with van der Waals surface area (Å²) in [5, 5.41) is 0. The molecule has 2 aromatic rings. The summed E-state index contributed by atoms with van der Waals surface area (Å²) in [6.07, 6.45) is 3.93. The van der Waals surface area contributed by atoms with Crippen molar-refractivity contribution in [2.75, 3.05) is 32.7 Å². The molecule has 0 radical (unpaired) electrons. The summed E-state index contributed by atoms with van der Waals surface area (Å²) >= 11 is 1.44. The highest BCUT2D eigenvalue weighted by Gasteiger charge is 2.22. The van der Waals surface area contributed by atoms with Gasteiger partial charge >= 0.3 is 0 Å². The number of carbonyl (C=O) groups excluding carboxylic acids is 1. The smallest absolute Gasteiger partial charge is 0.265 e.